The number of ether oxygens (including phenoxy) is 1. The van der Waals surface area contributed by atoms with Crippen molar-refractivity contribution >= 4 is 18.0 Å². The van der Waals surface area contributed by atoms with Crippen LogP contribution in [0.4, 0.5) is 9.59 Å². The van der Waals surface area contributed by atoms with Crippen LogP contribution in [0, 0.1) is 5.92 Å². The van der Waals surface area contributed by atoms with Crippen molar-refractivity contribution in [1.82, 2.24) is 20.4 Å². The molecule has 0 spiro atoms. The van der Waals surface area contributed by atoms with Gasteiger partial charge in [0.1, 0.15) is 5.60 Å². The highest BCUT2D eigenvalue weighted by molar-refractivity contribution is 5.94. The van der Waals surface area contributed by atoms with E-state index in [9.17, 15) is 14.4 Å². The summed E-state index contributed by atoms with van der Waals surface area (Å²) in [6.07, 6.45) is 9.73. The van der Waals surface area contributed by atoms with Crippen LogP contribution in [0.5, 0.6) is 0 Å². The molecule has 8 nitrogen and oxygen atoms in total. The number of nitrogens with zero attached hydrogens (tertiary/aromatic N) is 2. The Labute approximate surface area is 178 Å². The predicted octanol–water partition coefficient (Wildman–Crippen LogP) is 2.55. The quantitative estimate of drug-likeness (QED) is 0.737. The Morgan fingerprint density at radius 1 is 1.07 bits per heavy atom. The average Bonchev–Trinajstić information content (AvgIpc) is 3.52. The number of piperazine rings is 1. The second-order valence-electron chi connectivity index (χ2n) is 8.96. The van der Waals surface area contributed by atoms with Crippen LogP contribution in [0.1, 0.15) is 40.0 Å². The molecule has 0 radical (unpaired) electrons. The number of amides is 4. The van der Waals surface area contributed by atoms with Crippen molar-refractivity contribution in [2.75, 3.05) is 32.7 Å². The summed E-state index contributed by atoms with van der Waals surface area (Å²) in [5, 5.41) is 5.68. The molecule has 0 bridgehead atoms. The van der Waals surface area contributed by atoms with Gasteiger partial charge in [-0.2, -0.15) is 0 Å². The summed E-state index contributed by atoms with van der Waals surface area (Å²) in [4.78, 5) is 40.4. The fourth-order valence-corrected chi connectivity index (χ4v) is 3.22. The Balaban J connectivity index is 1.49. The van der Waals surface area contributed by atoms with E-state index in [0.717, 1.165) is 0 Å². The summed E-state index contributed by atoms with van der Waals surface area (Å²) in [7, 11) is 0. The van der Waals surface area contributed by atoms with E-state index in [0.29, 0.717) is 56.3 Å². The third-order valence-electron chi connectivity index (χ3n) is 5.10. The van der Waals surface area contributed by atoms with Crippen molar-refractivity contribution in [2.24, 2.45) is 5.92 Å². The summed E-state index contributed by atoms with van der Waals surface area (Å²) in [5.74, 6) is 0.577. The predicted molar refractivity (Wildman–Crippen MR) is 114 cm³/mol. The SMILES string of the molecule is CC(C)(C)OC(=O)N1CCN(C(=O)C2=CC=C(NC(=O)NCC3CC3)C=CC2)CC1. The van der Waals surface area contributed by atoms with Crippen molar-refractivity contribution in [3.8, 4) is 0 Å². The van der Waals surface area contributed by atoms with Crippen molar-refractivity contribution in [1.29, 1.82) is 0 Å². The largest absolute Gasteiger partial charge is 0.444 e. The zero-order valence-electron chi connectivity index (χ0n) is 18.1. The van der Waals surface area contributed by atoms with E-state index in [1.54, 1.807) is 22.0 Å². The molecule has 2 aliphatic carbocycles. The topological polar surface area (TPSA) is 91.0 Å². The lowest BCUT2D eigenvalue weighted by Crippen LogP contribution is -2.51. The van der Waals surface area contributed by atoms with E-state index in [1.807, 2.05) is 32.9 Å². The summed E-state index contributed by atoms with van der Waals surface area (Å²) < 4.78 is 5.40. The second kappa shape index (κ2) is 9.36. The van der Waals surface area contributed by atoms with Gasteiger partial charge in [-0.1, -0.05) is 12.2 Å². The van der Waals surface area contributed by atoms with Crippen LogP contribution in [-0.2, 0) is 9.53 Å². The average molecular weight is 417 g/mol. The van der Waals surface area contributed by atoms with Gasteiger partial charge in [0.15, 0.2) is 0 Å². The first-order valence-electron chi connectivity index (χ1n) is 10.6. The maximum absolute atomic E-state index is 12.9. The molecule has 0 unspecified atom stereocenters. The molecule has 0 aromatic heterocycles. The third-order valence-corrected chi connectivity index (χ3v) is 5.10. The first-order valence-corrected chi connectivity index (χ1v) is 10.6. The van der Waals surface area contributed by atoms with Gasteiger partial charge < -0.3 is 25.2 Å². The van der Waals surface area contributed by atoms with E-state index in [-0.39, 0.29) is 18.0 Å². The zero-order chi connectivity index (χ0) is 21.7. The highest BCUT2D eigenvalue weighted by Crippen LogP contribution is 2.27. The number of nitrogens with one attached hydrogen (secondary N) is 2. The van der Waals surface area contributed by atoms with Gasteiger partial charge in [-0.25, -0.2) is 9.59 Å². The summed E-state index contributed by atoms with van der Waals surface area (Å²) in [5.41, 5.74) is 0.780. The Morgan fingerprint density at radius 2 is 1.73 bits per heavy atom. The van der Waals surface area contributed by atoms with Crippen LogP contribution in [0.25, 0.3) is 0 Å². The summed E-state index contributed by atoms with van der Waals surface area (Å²) >= 11 is 0. The molecule has 0 aromatic carbocycles. The zero-order valence-corrected chi connectivity index (χ0v) is 18.1. The molecule has 2 fully saturated rings. The second-order valence-corrected chi connectivity index (χ2v) is 8.96. The van der Waals surface area contributed by atoms with Crippen molar-refractivity contribution in [3.05, 3.63) is 35.6 Å². The van der Waals surface area contributed by atoms with E-state index in [2.05, 4.69) is 10.6 Å². The van der Waals surface area contributed by atoms with Gasteiger partial charge >= 0.3 is 12.1 Å². The Kier molecular flexibility index (Phi) is 6.84. The summed E-state index contributed by atoms with van der Waals surface area (Å²) in [6, 6.07) is -0.223. The highest BCUT2D eigenvalue weighted by atomic mass is 16.6. The standard InChI is InChI=1S/C22H32N4O4/c1-22(2,3)30-21(29)26-13-11-25(12-14-26)19(27)17-5-4-6-18(10-9-17)24-20(28)23-15-16-7-8-16/h4,6,9-10,16H,5,7-8,11-15H2,1-3H3,(H2,23,24,28). The van der Waals surface area contributed by atoms with E-state index >= 15 is 0 Å². The van der Waals surface area contributed by atoms with Crippen LogP contribution < -0.4 is 10.6 Å². The number of carbonyl (C=O) groups is 3. The fourth-order valence-electron chi connectivity index (χ4n) is 3.22. The van der Waals surface area contributed by atoms with Gasteiger partial charge in [0.05, 0.1) is 0 Å². The lowest BCUT2D eigenvalue weighted by atomic mass is 10.1. The number of hydrogen-bond acceptors (Lipinski definition) is 4. The molecule has 1 saturated carbocycles. The molecule has 30 heavy (non-hydrogen) atoms. The number of rotatable bonds is 4. The van der Waals surface area contributed by atoms with E-state index in [1.165, 1.54) is 12.8 Å². The Hall–Kier alpha value is -2.77. The maximum atomic E-state index is 12.9. The van der Waals surface area contributed by atoms with Crippen LogP contribution in [0.3, 0.4) is 0 Å². The van der Waals surface area contributed by atoms with Gasteiger partial charge in [-0.15, -0.1) is 0 Å². The molecule has 1 aliphatic heterocycles. The lowest BCUT2D eigenvalue weighted by Gasteiger charge is -2.35. The summed E-state index contributed by atoms with van der Waals surface area (Å²) in [6.45, 7) is 8.06. The molecule has 3 rings (SSSR count). The molecule has 8 heteroatoms. The molecule has 3 aliphatic rings. The van der Waals surface area contributed by atoms with Crippen LogP contribution in [0.2, 0.25) is 0 Å². The third kappa shape index (κ3) is 6.64. The van der Waals surface area contributed by atoms with Crippen molar-refractivity contribution in [3.63, 3.8) is 0 Å². The molecular weight excluding hydrogens is 384 g/mol. The van der Waals surface area contributed by atoms with Gasteiger partial charge in [-0.3, -0.25) is 4.79 Å². The number of carbonyl (C=O) groups excluding carboxylic acids is 3. The van der Waals surface area contributed by atoms with Crippen molar-refractivity contribution in [2.45, 2.75) is 45.6 Å². The highest BCUT2D eigenvalue weighted by Gasteiger charge is 2.28. The molecule has 0 atom stereocenters. The molecule has 0 aromatic rings. The molecule has 1 saturated heterocycles. The van der Waals surface area contributed by atoms with Gasteiger partial charge in [-0.05, 0) is 58.1 Å². The van der Waals surface area contributed by atoms with E-state index in [4.69, 9.17) is 4.74 Å². The normalized spacial score (nSPS) is 19.4. The number of hydrogen-bond donors (Lipinski definition) is 2. The smallest absolute Gasteiger partial charge is 0.410 e. The Morgan fingerprint density at radius 3 is 2.37 bits per heavy atom. The molecule has 2 N–H and O–H groups in total. The lowest BCUT2D eigenvalue weighted by molar-refractivity contribution is -0.128. The fraction of sp³-hybridized carbons (Fsp3) is 0.591. The van der Waals surface area contributed by atoms with Gasteiger partial charge in [0, 0.05) is 44.0 Å². The van der Waals surface area contributed by atoms with Gasteiger partial charge in [0.2, 0.25) is 5.91 Å². The minimum Gasteiger partial charge on any atom is -0.444 e. The first-order chi connectivity index (χ1) is 14.2. The van der Waals surface area contributed by atoms with Gasteiger partial charge in [0.25, 0.3) is 0 Å². The van der Waals surface area contributed by atoms with Crippen LogP contribution in [-0.4, -0.2) is 66.2 Å². The molecule has 1 heterocycles. The molecule has 4 amide bonds. The van der Waals surface area contributed by atoms with Crippen LogP contribution in [0.15, 0.2) is 35.6 Å². The number of allylic oxidation sites excluding steroid dienone is 4. The molecule has 164 valence electrons. The van der Waals surface area contributed by atoms with Crippen LogP contribution >= 0.6 is 0 Å². The minimum absolute atomic E-state index is 0.0424. The maximum Gasteiger partial charge on any atom is 0.410 e. The van der Waals surface area contributed by atoms with E-state index < -0.39 is 5.60 Å². The molecular formula is C22H32N4O4. The van der Waals surface area contributed by atoms with Crippen molar-refractivity contribution < 1.29 is 19.1 Å². The first kappa shape index (κ1) is 21.9. The monoisotopic (exact) mass is 416 g/mol. The minimum atomic E-state index is -0.533. The number of urea groups is 1. The Bertz CT molecular complexity index is 766.